The zero-order valence-electron chi connectivity index (χ0n) is 13.7. The lowest BCUT2D eigenvalue weighted by Crippen LogP contribution is -2.21. The third-order valence-electron chi connectivity index (χ3n) is 4.06. The van der Waals surface area contributed by atoms with E-state index in [1.165, 1.54) is 0 Å². The van der Waals surface area contributed by atoms with Crippen molar-refractivity contribution in [2.45, 2.75) is 6.54 Å². The number of anilines is 1. The van der Waals surface area contributed by atoms with Gasteiger partial charge in [0.1, 0.15) is 0 Å². The molecule has 4 rings (SSSR count). The molecule has 7 heteroatoms. The minimum absolute atomic E-state index is 0.0121. The zero-order valence-corrected chi connectivity index (χ0v) is 14.5. The first-order valence-electron chi connectivity index (χ1n) is 7.65. The lowest BCUT2D eigenvalue weighted by Gasteiger charge is -2.11. The van der Waals surface area contributed by atoms with E-state index in [9.17, 15) is 4.79 Å². The Hall–Kier alpha value is -2.93. The van der Waals surface area contributed by atoms with Gasteiger partial charge in [-0.25, -0.2) is 4.98 Å². The fourth-order valence-electron chi connectivity index (χ4n) is 2.82. The first-order valence-corrected chi connectivity index (χ1v) is 8.53. The van der Waals surface area contributed by atoms with Gasteiger partial charge in [-0.1, -0.05) is 0 Å². The van der Waals surface area contributed by atoms with Crippen LogP contribution in [0.1, 0.15) is 16.1 Å². The second-order valence-electron chi connectivity index (χ2n) is 5.47. The van der Waals surface area contributed by atoms with Crippen molar-refractivity contribution in [2.24, 2.45) is 0 Å². The predicted octanol–water partition coefficient (Wildman–Crippen LogP) is 3.38. The van der Waals surface area contributed by atoms with Crippen LogP contribution in [0.25, 0.3) is 11.3 Å². The number of methoxy groups -OCH3 is 2. The van der Waals surface area contributed by atoms with Crippen molar-refractivity contribution >= 4 is 22.2 Å². The van der Waals surface area contributed by atoms with Crippen LogP contribution in [-0.4, -0.2) is 30.1 Å². The maximum absolute atomic E-state index is 12.6. The van der Waals surface area contributed by atoms with E-state index in [4.69, 9.17) is 9.47 Å². The molecule has 1 amide bonds. The quantitative estimate of drug-likeness (QED) is 0.719. The van der Waals surface area contributed by atoms with Gasteiger partial charge in [-0.05, 0) is 35.7 Å². The molecule has 0 spiro atoms. The molecule has 0 fully saturated rings. The van der Waals surface area contributed by atoms with E-state index in [0.717, 1.165) is 22.0 Å². The van der Waals surface area contributed by atoms with Gasteiger partial charge in [-0.15, -0.1) is 11.3 Å². The van der Waals surface area contributed by atoms with Crippen molar-refractivity contribution in [3.8, 4) is 22.9 Å². The van der Waals surface area contributed by atoms with Crippen molar-refractivity contribution in [3.63, 3.8) is 0 Å². The number of amides is 1. The number of hydrogen-bond acceptors (Lipinski definition) is 6. The van der Waals surface area contributed by atoms with Gasteiger partial charge in [0, 0.05) is 11.8 Å². The van der Waals surface area contributed by atoms with E-state index in [1.54, 1.807) is 36.7 Å². The Labute approximate surface area is 148 Å². The summed E-state index contributed by atoms with van der Waals surface area (Å²) in [5.41, 5.74) is 2.96. The Bertz CT molecular complexity index is 941. The topological polar surface area (TPSA) is 64.5 Å². The van der Waals surface area contributed by atoms with E-state index in [1.807, 2.05) is 35.7 Å². The van der Waals surface area contributed by atoms with Gasteiger partial charge in [-0.2, -0.15) is 0 Å². The molecule has 0 atom stereocenters. The van der Waals surface area contributed by atoms with E-state index >= 15 is 0 Å². The Morgan fingerprint density at radius 2 is 2.08 bits per heavy atom. The smallest absolute Gasteiger partial charge is 0.261 e. The number of aromatic nitrogens is 2. The highest BCUT2D eigenvalue weighted by molar-refractivity contribution is 7.14. The van der Waals surface area contributed by atoms with Crippen LogP contribution in [0.3, 0.4) is 0 Å². The van der Waals surface area contributed by atoms with Gasteiger partial charge in [0.2, 0.25) is 0 Å². The molecular formula is C18H15N3O3S. The molecule has 0 radical (unpaired) electrons. The second kappa shape index (κ2) is 6.18. The molecule has 25 heavy (non-hydrogen) atoms. The summed E-state index contributed by atoms with van der Waals surface area (Å²) < 4.78 is 10.5. The summed E-state index contributed by atoms with van der Waals surface area (Å²) in [6.07, 6.45) is 1.68. The largest absolute Gasteiger partial charge is 0.491 e. The Morgan fingerprint density at radius 1 is 1.20 bits per heavy atom. The molecule has 0 N–H and O–H groups in total. The average Bonchev–Trinajstić information content (AvgIpc) is 3.29. The van der Waals surface area contributed by atoms with E-state index in [0.29, 0.717) is 23.7 Å². The number of hydrogen-bond donors (Lipinski definition) is 0. The van der Waals surface area contributed by atoms with E-state index in [2.05, 4.69) is 9.97 Å². The van der Waals surface area contributed by atoms with E-state index < -0.39 is 0 Å². The van der Waals surface area contributed by atoms with Crippen LogP contribution in [0.2, 0.25) is 0 Å². The van der Waals surface area contributed by atoms with Crippen molar-refractivity contribution in [2.75, 3.05) is 19.1 Å². The number of thiophene rings is 1. The number of ether oxygens (including phenoxy) is 2. The zero-order chi connectivity index (χ0) is 17.4. The van der Waals surface area contributed by atoms with Gasteiger partial charge in [-0.3, -0.25) is 14.7 Å². The Morgan fingerprint density at radius 3 is 2.80 bits per heavy atom. The number of fused-ring (bicyclic) bond motifs is 1. The minimum Gasteiger partial charge on any atom is -0.491 e. The number of carbonyl (C=O) groups excluding carboxylic acids is 1. The lowest BCUT2D eigenvalue weighted by molar-refractivity contribution is 0.0997. The van der Waals surface area contributed by atoms with Crippen molar-refractivity contribution in [1.82, 2.24) is 9.97 Å². The summed E-state index contributed by atoms with van der Waals surface area (Å²) >= 11 is 1.54. The number of carbonyl (C=O) groups is 1. The molecule has 1 aliphatic rings. The van der Waals surface area contributed by atoms with Crippen LogP contribution < -0.4 is 14.4 Å². The lowest BCUT2D eigenvalue weighted by atomic mass is 10.1. The SMILES string of the molecule is COc1cc(-c2ccc3c(n2)CN(c2cccs2)C3=O)cnc1OC. The van der Waals surface area contributed by atoms with Crippen LogP contribution >= 0.6 is 11.3 Å². The molecule has 0 aromatic carbocycles. The van der Waals surface area contributed by atoms with Gasteiger partial charge in [0.05, 0.1) is 42.7 Å². The number of nitrogens with zero attached hydrogens (tertiary/aromatic N) is 3. The molecule has 0 unspecified atom stereocenters. The predicted molar refractivity (Wildman–Crippen MR) is 95.4 cm³/mol. The molecule has 3 aromatic heterocycles. The standard InChI is InChI=1S/C18H15N3O3S/c1-23-15-8-11(9-19-17(15)24-2)13-6-5-12-14(20-13)10-21(18(12)22)16-4-3-7-25-16/h3-9H,10H2,1-2H3. The second-order valence-corrected chi connectivity index (χ2v) is 6.40. The number of rotatable bonds is 4. The van der Waals surface area contributed by atoms with Gasteiger partial charge >= 0.3 is 0 Å². The summed E-state index contributed by atoms with van der Waals surface area (Å²) in [4.78, 5) is 23.2. The van der Waals surface area contributed by atoms with Gasteiger partial charge in [0.15, 0.2) is 5.75 Å². The molecule has 3 aromatic rings. The molecule has 126 valence electrons. The summed E-state index contributed by atoms with van der Waals surface area (Å²) in [7, 11) is 3.11. The van der Waals surface area contributed by atoms with Crippen LogP contribution in [0.4, 0.5) is 5.00 Å². The van der Waals surface area contributed by atoms with Crippen LogP contribution in [0.5, 0.6) is 11.6 Å². The first kappa shape index (κ1) is 15.6. The summed E-state index contributed by atoms with van der Waals surface area (Å²) in [5, 5.41) is 2.89. The molecular weight excluding hydrogens is 338 g/mol. The third-order valence-corrected chi connectivity index (χ3v) is 4.95. The van der Waals surface area contributed by atoms with Crippen LogP contribution in [0.15, 0.2) is 41.9 Å². The average molecular weight is 353 g/mol. The number of pyridine rings is 2. The highest BCUT2D eigenvalue weighted by Gasteiger charge is 2.30. The maximum Gasteiger partial charge on any atom is 0.261 e. The highest BCUT2D eigenvalue weighted by Crippen LogP contribution is 2.33. The van der Waals surface area contributed by atoms with Crippen molar-refractivity contribution < 1.29 is 14.3 Å². The van der Waals surface area contributed by atoms with Crippen molar-refractivity contribution in [1.29, 1.82) is 0 Å². The van der Waals surface area contributed by atoms with Gasteiger partial charge in [0.25, 0.3) is 11.8 Å². The third kappa shape index (κ3) is 2.62. The summed E-state index contributed by atoms with van der Waals surface area (Å²) in [5.74, 6) is 0.951. The van der Waals surface area contributed by atoms with Crippen LogP contribution in [-0.2, 0) is 6.54 Å². The molecule has 0 saturated carbocycles. The highest BCUT2D eigenvalue weighted by atomic mass is 32.1. The van der Waals surface area contributed by atoms with Gasteiger partial charge < -0.3 is 9.47 Å². The fourth-order valence-corrected chi connectivity index (χ4v) is 3.55. The molecule has 4 heterocycles. The molecule has 0 saturated heterocycles. The minimum atomic E-state index is -0.0121. The summed E-state index contributed by atoms with van der Waals surface area (Å²) in [6.45, 7) is 0.475. The van der Waals surface area contributed by atoms with E-state index in [-0.39, 0.29) is 5.91 Å². The maximum atomic E-state index is 12.6. The van der Waals surface area contributed by atoms with Crippen LogP contribution in [0, 0.1) is 0 Å². The first-order chi connectivity index (χ1) is 12.2. The fraction of sp³-hybridized carbons (Fsp3) is 0.167. The molecule has 0 bridgehead atoms. The normalized spacial score (nSPS) is 13.0. The van der Waals surface area contributed by atoms with Crippen molar-refractivity contribution in [3.05, 3.63) is 53.2 Å². The monoisotopic (exact) mass is 353 g/mol. The Kier molecular flexibility index (Phi) is 3.85. The summed E-state index contributed by atoms with van der Waals surface area (Å²) in [6, 6.07) is 9.36. The molecule has 1 aliphatic heterocycles. The Balaban J connectivity index is 1.70. The molecule has 6 nitrogen and oxygen atoms in total. The molecule has 0 aliphatic carbocycles.